The Labute approximate surface area is 231 Å². The van der Waals surface area contributed by atoms with Crippen molar-refractivity contribution in [3.8, 4) is 11.4 Å². The van der Waals surface area contributed by atoms with Gasteiger partial charge in [0.2, 0.25) is 0 Å². The molecule has 40 heavy (non-hydrogen) atoms. The molecule has 3 aromatic heterocycles. The molecule has 5 aromatic rings. The summed E-state index contributed by atoms with van der Waals surface area (Å²) in [4.78, 5) is 28.8. The van der Waals surface area contributed by atoms with Crippen LogP contribution >= 0.6 is 0 Å². The van der Waals surface area contributed by atoms with Crippen LogP contribution in [0.4, 0.5) is 22.0 Å². The minimum absolute atomic E-state index is 0.232. The topological polar surface area (TPSA) is 110 Å². The predicted octanol–water partition coefficient (Wildman–Crippen LogP) is 4.95. The summed E-state index contributed by atoms with van der Waals surface area (Å²) in [5.41, 5.74) is 4.13. The first-order chi connectivity index (χ1) is 19.7. The number of urea groups is 1. The van der Waals surface area contributed by atoms with Crippen molar-refractivity contribution in [3.63, 3.8) is 0 Å². The lowest BCUT2D eigenvalue weighted by atomic mass is 10.2. The van der Waals surface area contributed by atoms with Gasteiger partial charge in [0.1, 0.15) is 5.82 Å². The molecule has 200 valence electrons. The molecule has 0 saturated carbocycles. The van der Waals surface area contributed by atoms with Crippen LogP contribution in [0.15, 0.2) is 85.3 Å². The van der Waals surface area contributed by atoms with Crippen molar-refractivity contribution in [1.29, 1.82) is 0 Å². The van der Waals surface area contributed by atoms with Crippen LogP contribution in [0.25, 0.3) is 22.4 Å². The number of anilines is 3. The molecule has 0 aliphatic carbocycles. The third-order valence-corrected chi connectivity index (χ3v) is 7.33. The van der Waals surface area contributed by atoms with E-state index < -0.39 is 0 Å². The molecule has 2 aliphatic heterocycles. The Morgan fingerprint density at radius 1 is 0.875 bits per heavy atom. The van der Waals surface area contributed by atoms with Gasteiger partial charge in [-0.25, -0.2) is 19.4 Å². The Hall–Kier alpha value is -4.83. The average Bonchev–Trinajstić information content (AvgIpc) is 3.55. The highest BCUT2D eigenvalue weighted by atomic mass is 16.5. The van der Waals surface area contributed by atoms with Crippen molar-refractivity contribution in [1.82, 2.24) is 24.7 Å². The van der Waals surface area contributed by atoms with Crippen LogP contribution in [-0.2, 0) is 11.3 Å². The van der Waals surface area contributed by atoms with Gasteiger partial charge in [-0.15, -0.1) is 0 Å². The van der Waals surface area contributed by atoms with Crippen molar-refractivity contribution in [2.45, 2.75) is 31.6 Å². The molecular weight excluding hydrogens is 504 g/mol. The van der Waals surface area contributed by atoms with Gasteiger partial charge in [0.25, 0.3) is 0 Å². The SMILES string of the molecule is O=C(Nc1ccncc1)Nc1ccc(-c2nc(N3CC4CCC(C3)O4)c3cnn(Cc4ccccc4)c3n2)cc1. The second-order valence-electron chi connectivity index (χ2n) is 10.2. The van der Waals surface area contributed by atoms with Crippen molar-refractivity contribution in [3.05, 3.63) is 90.9 Å². The van der Waals surface area contributed by atoms with E-state index in [9.17, 15) is 4.79 Å². The molecule has 2 atom stereocenters. The number of carbonyl (C=O) groups excluding carboxylic acids is 1. The molecule has 0 radical (unpaired) electrons. The quantitative estimate of drug-likeness (QED) is 0.318. The maximum atomic E-state index is 12.4. The first kappa shape index (κ1) is 24.2. The van der Waals surface area contributed by atoms with E-state index in [2.05, 4.69) is 32.7 Å². The highest BCUT2D eigenvalue weighted by Gasteiger charge is 2.35. The van der Waals surface area contributed by atoms with Crippen LogP contribution < -0.4 is 15.5 Å². The standard InChI is InChI=1S/C30H28N8O2/c39-30(34-23-12-14-31-15-13-23)33-22-8-6-21(7-9-22)27-35-28(37-18-24-10-11-25(19-37)40-24)26-16-32-38(29(26)36-27)17-20-4-2-1-3-5-20/h1-9,12-16,24-25H,10-11,17-19H2,(H2,31,33,34,39). The molecule has 2 fully saturated rings. The number of carbonyl (C=O) groups is 1. The van der Waals surface area contributed by atoms with E-state index in [0.717, 1.165) is 53.9 Å². The molecule has 2 unspecified atom stereocenters. The lowest BCUT2D eigenvalue weighted by Crippen LogP contribution is -2.43. The summed E-state index contributed by atoms with van der Waals surface area (Å²) in [5.74, 6) is 1.50. The van der Waals surface area contributed by atoms with Gasteiger partial charge >= 0.3 is 6.03 Å². The smallest absolute Gasteiger partial charge is 0.323 e. The third-order valence-electron chi connectivity index (χ3n) is 7.33. The molecule has 2 aromatic carbocycles. The average molecular weight is 533 g/mol. The molecule has 10 nitrogen and oxygen atoms in total. The Bertz CT molecular complexity index is 1630. The molecule has 10 heteroatoms. The molecule has 7 rings (SSSR count). The zero-order valence-corrected chi connectivity index (χ0v) is 21.8. The minimum Gasteiger partial charge on any atom is -0.371 e. The molecule has 0 spiro atoms. The molecular formula is C30H28N8O2. The Kier molecular flexibility index (Phi) is 6.29. The minimum atomic E-state index is -0.328. The van der Waals surface area contributed by atoms with Crippen molar-refractivity contribution in [2.75, 3.05) is 28.6 Å². The van der Waals surface area contributed by atoms with Crippen LogP contribution in [0.3, 0.4) is 0 Å². The number of fused-ring (bicyclic) bond motifs is 3. The Morgan fingerprint density at radius 2 is 1.57 bits per heavy atom. The van der Waals surface area contributed by atoms with Crippen LogP contribution in [0.5, 0.6) is 0 Å². The zero-order valence-electron chi connectivity index (χ0n) is 21.8. The van der Waals surface area contributed by atoms with E-state index in [-0.39, 0.29) is 18.2 Å². The first-order valence-electron chi connectivity index (χ1n) is 13.4. The number of morpholine rings is 1. The number of hydrogen-bond acceptors (Lipinski definition) is 7. The van der Waals surface area contributed by atoms with Gasteiger partial charge in [0.15, 0.2) is 11.5 Å². The van der Waals surface area contributed by atoms with E-state index in [0.29, 0.717) is 23.7 Å². The van der Waals surface area contributed by atoms with Crippen LogP contribution in [0, 0.1) is 0 Å². The van der Waals surface area contributed by atoms with Gasteiger partial charge in [-0.3, -0.25) is 4.98 Å². The van der Waals surface area contributed by atoms with E-state index in [1.54, 1.807) is 24.5 Å². The summed E-state index contributed by atoms with van der Waals surface area (Å²) in [6.45, 7) is 2.23. The predicted molar refractivity (Wildman–Crippen MR) is 153 cm³/mol. The van der Waals surface area contributed by atoms with Crippen molar-refractivity contribution >= 4 is 34.3 Å². The van der Waals surface area contributed by atoms with Gasteiger partial charge in [0, 0.05) is 42.4 Å². The van der Waals surface area contributed by atoms with Crippen LogP contribution in [0.1, 0.15) is 18.4 Å². The number of rotatable bonds is 6. The number of nitrogens with zero attached hydrogens (tertiary/aromatic N) is 6. The van der Waals surface area contributed by atoms with E-state index in [4.69, 9.17) is 19.8 Å². The maximum Gasteiger partial charge on any atom is 0.323 e. The lowest BCUT2D eigenvalue weighted by Gasteiger charge is -2.33. The second-order valence-corrected chi connectivity index (χ2v) is 10.2. The van der Waals surface area contributed by atoms with Gasteiger partial charge in [-0.2, -0.15) is 5.10 Å². The summed E-state index contributed by atoms with van der Waals surface area (Å²) >= 11 is 0. The molecule has 2 bridgehead atoms. The van der Waals surface area contributed by atoms with Crippen LogP contribution in [0.2, 0.25) is 0 Å². The zero-order chi connectivity index (χ0) is 26.9. The molecule has 2 amide bonds. The maximum absolute atomic E-state index is 12.4. The van der Waals surface area contributed by atoms with E-state index in [1.165, 1.54) is 0 Å². The summed E-state index contributed by atoms with van der Waals surface area (Å²) in [7, 11) is 0. The van der Waals surface area contributed by atoms with E-state index in [1.807, 2.05) is 53.3 Å². The number of nitrogens with one attached hydrogen (secondary N) is 2. The van der Waals surface area contributed by atoms with Gasteiger partial charge in [0.05, 0.1) is 30.3 Å². The Balaban J connectivity index is 1.20. The second kappa shape index (κ2) is 10.4. The molecule has 5 heterocycles. The largest absolute Gasteiger partial charge is 0.371 e. The normalized spacial score (nSPS) is 18.1. The van der Waals surface area contributed by atoms with Gasteiger partial charge in [-0.1, -0.05) is 30.3 Å². The Morgan fingerprint density at radius 3 is 2.30 bits per heavy atom. The molecule has 2 aliphatic rings. The number of amides is 2. The fourth-order valence-corrected chi connectivity index (χ4v) is 5.40. The third kappa shape index (κ3) is 4.96. The number of pyridine rings is 1. The van der Waals surface area contributed by atoms with Crippen molar-refractivity contribution < 1.29 is 9.53 Å². The number of aromatic nitrogens is 5. The number of hydrogen-bond donors (Lipinski definition) is 2. The van der Waals surface area contributed by atoms with Crippen LogP contribution in [-0.4, -0.2) is 56.1 Å². The summed E-state index contributed by atoms with van der Waals surface area (Å²) in [6, 6.07) is 20.9. The summed E-state index contributed by atoms with van der Waals surface area (Å²) in [6.07, 6.45) is 7.76. The highest BCUT2D eigenvalue weighted by Crippen LogP contribution is 2.34. The fraction of sp³-hybridized carbons (Fsp3) is 0.233. The monoisotopic (exact) mass is 532 g/mol. The molecule has 2 saturated heterocycles. The summed E-state index contributed by atoms with van der Waals surface area (Å²) in [5, 5.41) is 11.3. The van der Waals surface area contributed by atoms with E-state index >= 15 is 0 Å². The van der Waals surface area contributed by atoms with Gasteiger partial charge < -0.3 is 20.3 Å². The summed E-state index contributed by atoms with van der Waals surface area (Å²) < 4.78 is 8.03. The van der Waals surface area contributed by atoms with Crippen molar-refractivity contribution in [2.24, 2.45) is 0 Å². The fourth-order valence-electron chi connectivity index (χ4n) is 5.40. The number of ether oxygens (including phenoxy) is 1. The number of benzene rings is 2. The lowest BCUT2D eigenvalue weighted by molar-refractivity contribution is 0.0303. The van der Waals surface area contributed by atoms with Gasteiger partial charge in [-0.05, 0) is 54.8 Å². The first-order valence-corrected chi connectivity index (χ1v) is 13.4. The highest BCUT2D eigenvalue weighted by molar-refractivity contribution is 5.99. The molecule has 2 N–H and O–H groups in total.